The van der Waals surface area contributed by atoms with Crippen LogP contribution in [0.15, 0.2) is 18.2 Å². The molecule has 116 valence electrons. The fourth-order valence-corrected chi connectivity index (χ4v) is 2.22. The van der Waals surface area contributed by atoms with Crippen LogP contribution in [0.3, 0.4) is 0 Å². The van der Waals surface area contributed by atoms with Crippen LogP contribution in [0.4, 0.5) is 0 Å². The number of amides is 1. The highest BCUT2D eigenvalue weighted by molar-refractivity contribution is 7.98. The molecule has 0 heterocycles. The number of benzene rings is 1. The number of aliphatic carboxylic acids is 1. The molecule has 5 nitrogen and oxygen atoms in total. The van der Waals surface area contributed by atoms with E-state index < -0.39 is 17.9 Å². The molecule has 1 atom stereocenters. The largest absolute Gasteiger partial charge is 0.483 e. The zero-order valence-electron chi connectivity index (χ0n) is 12.5. The monoisotopic (exact) mass is 311 g/mol. The fourth-order valence-electron chi connectivity index (χ4n) is 1.75. The molecule has 1 aromatic carbocycles. The first-order valence-corrected chi connectivity index (χ1v) is 8.05. The molecule has 0 aliphatic heterocycles. The second-order valence-corrected chi connectivity index (χ2v) is 5.71. The van der Waals surface area contributed by atoms with Gasteiger partial charge in [-0.05, 0) is 49.5 Å². The Balaban J connectivity index is 2.52. The van der Waals surface area contributed by atoms with Crippen LogP contribution in [0.25, 0.3) is 0 Å². The summed E-state index contributed by atoms with van der Waals surface area (Å²) in [5.74, 6) is -0.135. The third-order valence-electron chi connectivity index (χ3n) is 3.16. The summed E-state index contributed by atoms with van der Waals surface area (Å²) in [5.41, 5.74) is 2.05. The van der Waals surface area contributed by atoms with Gasteiger partial charge < -0.3 is 15.2 Å². The minimum Gasteiger partial charge on any atom is -0.483 e. The van der Waals surface area contributed by atoms with Crippen LogP contribution in [-0.2, 0) is 9.59 Å². The van der Waals surface area contributed by atoms with Crippen LogP contribution < -0.4 is 10.1 Å². The van der Waals surface area contributed by atoms with Gasteiger partial charge in [0.2, 0.25) is 0 Å². The van der Waals surface area contributed by atoms with Crippen molar-refractivity contribution in [1.29, 1.82) is 0 Å². The number of nitrogens with one attached hydrogen (secondary N) is 1. The number of aryl methyl sites for hydroxylation is 1. The van der Waals surface area contributed by atoms with Crippen molar-refractivity contribution in [3.63, 3.8) is 0 Å². The topological polar surface area (TPSA) is 75.6 Å². The summed E-state index contributed by atoms with van der Waals surface area (Å²) < 4.78 is 5.45. The van der Waals surface area contributed by atoms with Gasteiger partial charge in [0.15, 0.2) is 6.61 Å². The number of hydrogen-bond acceptors (Lipinski definition) is 4. The van der Waals surface area contributed by atoms with E-state index in [0.717, 1.165) is 11.1 Å². The Morgan fingerprint density at radius 3 is 2.71 bits per heavy atom. The first-order chi connectivity index (χ1) is 9.95. The predicted octanol–water partition coefficient (Wildman–Crippen LogP) is 2.00. The van der Waals surface area contributed by atoms with Crippen molar-refractivity contribution in [2.45, 2.75) is 26.3 Å². The lowest BCUT2D eigenvalue weighted by molar-refractivity contribution is -0.142. The van der Waals surface area contributed by atoms with Crippen molar-refractivity contribution in [2.75, 3.05) is 18.6 Å². The molecule has 1 unspecified atom stereocenters. The van der Waals surface area contributed by atoms with Crippen LogP contribution in [0, 0.1) is 13.8 Å². The lowest BCUT2D eigenvalue weighted by Crippen LogP contribution is -2.43. The third kappa shape index (κ3) is 5.67. The van der Waals surface area contributed by atoms with E-state index in [1.165, 1.54) is 0 Å². The van der Waals surface area contributed by atoms with E-state index in [1.807, 2.05) is 32.2 Å². The normalized spacial score (nSPS) is 11.8. The van der Waals surface area contributed by atoms with Gasteiger partial charge in [0, 0.05) is 0 Å². The first kappa shape index (κ1) is 17.4. The highest BCUT2D eigenvalue weighted by Crippen LogP contribution is 2.20. The highest BCUT2D eigenvalue weighted by atomic mass is 32.2. The van der Waals surface area contributed by atoms with Gasteiger partial charge in [-0.1, -0.05) is 12.1 Å². The van der Waals surface area contributed by atoms with Crippen molar-refractivity contribution in [1.82, 2.24) is 5.32 Å². The van der Waals surface area contributed by atoms with E-state index in [-0.39, 0.29) is 6.61 Å². The highest BCUT2D eigenvalue weighted by Gasteiger charge is 2.19. The second-order valence-electron chi connectivity index (χ2n) is 4.73. The average molecular weight is 311 g/mol. The molecule has 21 heavy (non-hydrogen) atoms. The maximum Gasteiger partial charge on any atom is 0.326 e. The van der Waals surface area contributed by atoms with Gasteiger partial charge in [-0.2, -0.15) is 11.8 Å². The van der Waals surface area contributed by atoms with E-state index in [0.29, 0.717) is 17.9 Å². The number of carboxylic acid groups (broad SMARTS) is 1. The maximum absolute atomic E-state index is 11.8. The quantitative estimate of drug-likeness (QED) is 0.768. The molecular weight excluding hydrogens is 290 g/mol. The van der Waals surface area contributed by atoms with Gasteiger partial charge in [-0.25, -0.2) is 4.79 Å². The van der Waals surface area contributed by atoms with Gasteiger partial charge >= 0.3 is 5.97 Å². The Kier molecular flexibility index (Phi) is 7.08. The minimum absolute atomic E-state index is 0.187. The van der Waals surface area contributed by atoms with Crippen molar-refractivity contribution < 1.29 is 19.4 Å². The number of ether oxygens (including phenoxy) is 1. The van der Waals surface area contributed by atoms with Crippen LogP contribution in [0.2, 0.25) is 0 Å². The summed E-state index contributed by atoms with van der Waals surface area (Å²) >= 11 is 1.54. The Labute approximate surface area is 129 Å². The van der Waals surface area contributed by atoms with Gasteiger partial charge in [-0.3, -0.25) is 4.79 Å². The Hall–Kier alpha value is -1.69. The summed E-state index contributed by atoms with van der Waals surface area (Å²) in [6.45, 7) is 3.69. The van der Waals surface area contributed by atoms with Crippen LogP contribution in [0.5, 0.6) is 5.75 Å². The standard InChI is InChI=1S/C15H21NO4S/c1-10-5-4-6-13(11(10)2)20-9-14(17)16-12(15(18)19)7-8-21-3/h4-6,12H,7-9H2,1-3H3,(H,16,17)(H,18,19). The molecule has 0 radical (unpaired) electrons. The number of carbonyl (C=O) groups is 2. The van der Waals surface area contributed by atoms with Gasteiger partial charge in [-0.15, -0.1) is 0 Å². The van der Waals surface area contributed by atoms with E-state index in [9.17, 15) is 9.59 Å². The summed E-state index contributed by atoms with van der Waals surface area (Å²) in [6, 6.07) is 4.74. The molecule has 6 heteroatoms. The number of carboxylic acids is 1. The number of thioether (sulfide) groups is 1. The summed E-state index contributed by atoms with van der Waals surface area (Å²) in [5, 5.41) is 11.5. The van der Waals surface area contributed by atoms with E-state index in [4.69, 9.17) is 9.84 Å². The minimum atomic E-state index is -1.02. The molecule has 1 aromatic rings. The van der Waals surface area contributed by atoms with Crippen molar-refractivity contribution >= 4 is 23.6 Å². The lowest BCUT2D eigenvalue weighted by atomic mass is 10.1. The molecule has 0 aliphatic carbocycles. The number of rotatable bonds is 8. The first-order valence-electron chi connectivity index (χ1n) is 6.65. The predicted molar refractivity (Wildman–Crippen MR) is 84.0 cm³/mol. The Bertz CT molecular complexity index is 504. The van der Waals surface area contributed by atoms with Crippen molar-refractivity contribution in [2.24, 2.45) is 0 Å². The molecule has 0 spiro atoms. The average Bonchev–Trinajstić information content (AvgIpc) is 2.44. The zero-order valence-corrected chi connectivity index (χ0v) is 13.3. The van der Waals surface area contributed by atoms with Gasteiger partial charge in [0.25, 0.3) is 5.91 Å². The molecule has 0 saturated heterocycles. The van der Waals surface area contributed by atoms with E-state index in [2.05, 4.69) is 5.32 Å². The lowest BCUT2D eigenvalue weighted by Gasteiger charge is -2.15. The Morgan fingerprint density at radius 1 is 1.38 bits per heavy atom. The van der Waals surface area contributed by atoms with Crippen LogP contribution in [0.1, 0.15) is 17.5 Å². The number of hydrogen-bond donors (Lipinski definition) is 2. The fraction of sp³-hybridized carbons (Fsp3) is 0.467. The molecule has 0 saturated carbocycles. The summed E-state index contributed by atoms with van der Waals surface area (Å²) in [4.78, 5) is 22.8. The van der Waals surface area contributed by atoms with Gasteiger partial charge in [0.05, 0.1) is 0 Å². The van der Waals surface area contributed by atoms with Crippen LogP contribution in [-0.4, -0.2) is 41.6 Å². The molecular formula is C15H21NO4S. The smallest absolute Gasteiger partial charge is 0.326 e. The van der Waals surface area contributed by atoms with Gasteiger partial charge in [0.1, 0.15) is 11.8 Å². The molecule has 2 N–H and O–H groups in total. The van der Waals surface area contributed by atoms with Crippen molar-refractivity contribution in [3.05, 3.63) is 29.3 Å². The number of carbonyl (C=O) groups excluding carboxylic acids is 1. The summed E-state index contributed by atoms with van der Waals surface area (Å²) in [6.07, 6.45) is 2.29. The third-order valence-corrected chi connectivity index (χ3v) is 3.80. The zero-order chi connectivity index (χ0) is 15.8. The van der Waals surface area contributed by atoms with E-state index in [1.54, 1.807) is 17.8 Å². The second kappa shape index (κ2) is 8.56. The molecule has 0 aliphatic rings. The molecule has 0 bridgehead atoms. The molecule has 1 rings (SSSR count). The van der Waals surface area contributed by atoms with Crippen LogP contribution >= 0.6 is 11.8 Å². The molecule has 1 amide bonds. The molecule has 0 aromatic heterocycles. The maximum atomic E-state index is 11.8. The SMILES string of the molecule is CSCCC(NC(=O)COc1cccc(C)c1C)C(=O)O. The Morgan fingerprint density at radius 2 is 2.10 bits per heavy atom. The summed E-state index contributed by atoms with van der Waals surface area (Å²) in [7, 11) is 0. The van der Waals surface area contributed by atoms with E-state index >= 15 is 0 Å². The van der Waals surface area contributed by atoms with Crippen molar-refractivity contribution in [3.8, 4) is 5.75 Å². The molecule has 0 fully saturated rings.